The lowest BCUT2D eigenvalue weighted by molar-refractivity contribution is -0.121. The van der Waals surface area contributed by atoms with Gasteiger partial charge in [0, 0.05) is 6.42 Å². The van der Waals surface area contributed by atoms with E-state index in [2.05, 4.69) is 17.5 Å². The number of rotatable bonds is 16. The molecule has 0 saturated carbocycles. The number of carbonyl (C=O) groups is 1. The molecule has 0 aliphatic carbocycles. The molecule has 4 nitrogen and oxygen atoms in total. The van der Waals surface area contributed by atoms with Crippen LogP contribution in [0.1, 0.15) is 96.5 Å². The zero-order valence-corrected chi connectivity index (χ0v) is 17.3. The van der Waals surface area contributed by atoms with E-state index in [0.717, 1.165) is 24.2 Å². The van der Waals surface area contributed by atoms with Gasteiger partial charge in [-0.1, -0.05) is 71.1 Å². The maximum absolute atomic E-state index is 11.8. The molecule has 1 aromatic carbocycles. The van der Waals surface area contributed by atoms with E-state index in [1.54, 1.807) is 6.21 Å². The summed E-state index contributed by atoms with van der Waals surface area (Å²) in [4.78, 5) is 11.8. The van der Waals surface area contributed by atoms with Crippen LogP contribution < -0.4 is 10.2 Å². The van der Waals surface area contributed by atoms with Gasteiger partial charge in [0.15, 0.2) is 0 Å². The van der Waals surface area contributed by atoms with Crippen molar-refractivity contribution in [3.05, 3.63) is 29.8 Å². The number of unbranched alkanes of at least 4 members (excludes halogenated alkanes) is 10. The molecule has 0 fully saturated rings. The van der Waals surface area contributed by atoms with E-state index in [0.29, 0.717) is 13.0 Å². The maximum atomic E-state index is 11.8. The molecule has 0 spiro atoms. The molecule has 1 rings (SSSR count). The first kappa shape index (κ1) is 23.2. The third-order valence-electron chi connectivity index (χ3n) is 4.60. The van der Waals surface area contributed by atoms with Crippen LogP contribution in [0.4, 0.5) is 0 Å². The third-order valence-corrected chi connectivity index (χ3v) is 4.60. The standard InChI is InChI=1S/C23H38N2O2/c1-3-5-6-7-8-9-10-11-12-13-14-15-23(26)25-24-20-21-16-18-22(19-17-21)27-4-2/h16-20H,3-15H2,1-2H3,(H,25,26)/b24-20-. The number of amides is 1. The summed E-state index contributed by atoms with van der Waals surface area (Å²) in [5.74, 6) is 0.836. The lowest BCUT2D eigenvalue weighted by Gasteiger charge is -2.03. The Balaban J connectivity index is 1.98. The topological polar surface area (TPSA) is 50.7 Å². The molecule has 0 aromatic heterocycles. The van der Waals surface area contributed by atoms with E-state index in [-0.39, 0.29) is 5.91 Å². The quantitative estimate of drug-likeness (QED) is 0.212. The van der Waals surface area contributed by atoms with Gasteiger partial charge in [-0.25, -0.2) is 5.43 Å². The fourth-order valence-electron chi connectivity index (χ4n) is 3.00. The Hall–Kier alpha value is -1.84. The molecule has 0 saturated heterocycles. The molecule has 27 heavy (non-hydrogen) atoms. The first-order valence-electron chi connectivity index (χ1n) is 10.8. The van der Waals surface area contributed by atoms with Crippen molar-refractivity contribution in [2.24, 2.45) is 5.10 Å². The molecule has 0 radical (unpaired) electrons. The van der Waals surface area contributed by atoms with Gasteiger partial charge in [-0.3, -0.25) is 4.79 Å². The minimum Gasteiger partial charge on any atom is -0.494 e. The number of hydrogen-bond donors (Lipinski definition) is 1. The van der Waals surface area contributed by atoms with Crippen LogP contribution in [0.5, 0.6) is 5.75 Å². The number of benzene rings is 1. The van der Waals surface area contributed by atoms with Gasteiger partial charge in [0.1, 0.15) is 5.75 Å². The second-order valence-electron chi connectivity index (χ2n) is 7.08. The Kier molecular flexibility index (Phi) is 14.0. The average Bonchev–Trinajstić information content (AvgIpc) is 2.68. The SMILES string of the molecule is CCCCCCCCCCCCCC(=O)N/N=C\c1ccc(OCC)cc1. The molecule has 0 unspecified atom stereocenters. The highest BCUT2D eigenvalue weighted by Crippen LogP contribution is 2.12. The fraction of sp³-hybridized carbons (Fsp3) is 0.652. The largest absolute Gasteiger partial charge is 0.494 e. The Bertz CT molecular complexity index is 512. The van der Waals surface area contributed by atoms with Crippen LogP contribution in [-0.2, 0) is 4.79 Å². The van der Waals surface area contributed by atoms with Crippen molar-refractivity contribution in [1.29, 1.82) is 0 Å². The van der Waals surface area contributed by atoms with Crippen LogP contribution in [-0.4, -0.2) is 18.7 Å². The molecule has 0 bridgehead atoms. The molecule has 4 heteroatoms. The molecule has 0 aliphatic rings. The summed E-state index contributed by atoms with van der Waals surface area (Å²) in [6, 6.07) is 7.64. The molecule has 0 atom stereocenters. The van der Waals surface area contributed by atoms with Crippen LogP contribution >= 0.6 is 0 Å². The number of hydrazone groups is 1. The second kappa shape index (κ2) is 16.3. The normalized spacial score (nSPS) is 11.0. The number of ether oxygens (including phenoxy) is 1. The van der Waals surface area contributed by atoms with Gasteiger partial charge >= 0.3 is 0 Å². The van der Waals surface area contributed by atoms with Gasteiger partial charge < -0.3 is 4.74 Å². The molecule has 0 heterocycles. The summed E-state index contributed by atoms with van der Waals surface area (Å²) in [7, 11) is 0. The predicted molar refractivity (Wildman–Crippen MR) is 114 cm³/mol. The Morgan fingerprint density at radius 1 is 0.889 bits per heavy atom. The van der Waals surface area contributed by atoms with Crippen LogP contribution in [0, 0.1) is 0 Å². The summed E-state index contributed by atoms with van der Waals surface area (Å²) in [5.41, 5.74) is 3.54. The van der Waals surface area contributed by atoms with Crippen molar-refractivity contribution in [3.63, 3.8) is 0 Å². The molecular formula is C23H38N2O2. The average molecular weight is 375 g/mol. The van der Waals surface area contributed by atoms with Gasteiger partial charge in [-0.15, -0.1) is 0 Å². The van der Waals surface area contributed by atoms with Crippen molar-refractivity contribution in [2.75, 3.05) is 6.61 Å². The molecule has 1 N–H and O–H groups in total. The minimum absolute atomic E-state index is 0.00638. The minimum atomic E-state index is -0.00638. The third kappa shape index (κ3) is 13.0. The zero-order chi connectivity index (χ0) is 19.6. The first-order valence-corrected chi connectivity index (χ1v) is 10.8. The Labute approximate surface area is 165 Å². The van der Waals surface area contributed by atoms with E-state index < -0.39 is 0 Å². The lowest BCUT2D eigenvalue weighted by Crippen LogP contribution is -2.16. The van der Waals surface area contributed by atoms with Crippen molar-refractivity contribution in [3.8, 4) is 5.75 Å². The molecular weight excluding hydrogens is 336 g/mol. The number of hydrogen-bond acceptors (Lipinski definition) is 3. The highest BCUT2D eigenvalue weighted by molar-refractivity contribution is 5.82. The number of nitrogens with one attached hydrogen (secondary N) is 1. The zero-order valence-electron chi connectivity index (χ0n) is 17.3. The van der Waals surface area contributed by atoms with Gasteiger partial charge in [0.25, 0.3) is 0 Å². The molecule has 152 valence electrons. The van der Waals surface area contributed by atoms with Gasteiger partial charge in [-0.05, 0) is 43.2 Å². The Morgan fingerprint density at radius 3 is 2.00 bits per heavy atom. The summed E-state index contributed by atoms with van der Waals surface area (Å²) < 4.78 is 5.39. The summed E-state index contributed by atoms with van der Waals surface area (Å²) in [6.07, 6.45) is 16.4. The summed E-state index contributed by atoms with van der Waals surface area (Å²) >= 11 is 0. The van der Waals surface area contributed by atoms with E-state index in [4.69, 9.17) is 4.74 Å². The van der Waals surface area contributed by atoms with E-state index in [9.17, 15) is 4.79 Å². The van der Waals surface area contributed by atoms with Crippen molar-refractivity contribution in [2.45, 2.75) is 90.9 Å². The fourth-order valence-corrected chi connectivity index (χ4v) is 3.00. The van der Waals surface area contributed by atoms with Gasteiger partial charge in [0.05, 0.1) is 12.8 Å². The van der Waals surface area contributed by atoms with Crippen molar-refractivity contribution >= 4 is 12.1 Å². The monoisotopic (exact) mass is 374 g/mol. The van der Waals surface area contributed by atoms with Gasteiger partial charge in [-0.2, -0.15) is 5.10 Å². The molecule has 0 aliphatic heterocycles. The molecule has 1 amide bonds. The predicted octanol–water partition coefficient (Wildman–Crippen LogP) is 6.24. The highest BCUT2D eigenvalue weighted by Gasteiger charge is 1.99. The number of nitrogens with zero attached hydrogens (tertiary/aromatic N) is 1. The van der Waals surface area contributed by atoms with Crippen molar-refractivity contribution in [1.82, 2.24) is 5.43 Å². The summed E-state index contributed by atoms with van der Waals surface area (Å²) in [6.45, 7) is 4.87. The first-order chi connectivity index (χ1) is 13.3. The van der Waals surface area contributed by atoms with Gasteiger partial charge in [0.2, 0.25) is 5.91 Å². The second-order valence-corrected chi connectivity index (χ2v) is 7.08. The lowest BCUT2D eigenvalue weighted by atomic mass is 10.1. The van der Waals surface area contributed by atoms with E-state index >= 15 is 0 Å². The smallest absolute Gasteiger partial charge is 0.240 e. The van der Waals surface area contributed by atoms with E-state index in [1.807, 2.05) is 31.2 Å². The maximum Gasteiger partial charge on any atom is 0.240 e. The van der Waals surface area contributed by atoms with Crippen LogP contribution in [0.25, 0.3) is 0 Å². The van der Waals surface area contributed by atoms with Crippen molar-refractivity contribution < 1.29 is 9.53 Å². The highest BCUT2D eigenvalue weighted by atomic mass is 16.5. The number of carbonyl (C=O) groups excluding carboxylic acids is 1. The summed E-state index contributed by atoms with van der Waals surface area (Å²) in [5, 5.41) is 4.02. The molecule has 1 aromatic rings. The van der Waals surface area contributed by atoms with E-state index in [1.165, 1.54) is 57.8 Å². The van der Waals surface area contributed by atoms with Crippen LogP contribution in [0.15, 0.2) is 29.4 Å². The van der Waals surface area contributed by atoms with Crippen LogP contribution in [0.2, 0.25) is 0 Å². The van der Waals surface area contributed by atoms with Crippen LogP contribution in [0.3, 0.4) is 0 Å². The Morgan fingerprint density at radius 2 is 1.44 bits per heavy atom.